The van der Waals surface area contributed by atoms with Gasteiger partial charge >= 0.3 is 0 Å². The molecular formula is C15H20N2O3S. The minimum atomic E-state index is -3.60. The molecule has 6 heteroatoms. The summed E-state index contributed by atoms with van der Waals surface area (Å²) in [6.45, 7) is 2.27. The smallest absolute Gasteiger partial charge is 0.237 e. The molecule has 0 bridgehead atoms. The van der Waals surface area contributed by atoms with Crippen LogP contribution in [0.4, 0.5) is 0 Å². The number of allylic oxidation sites excluding steroid dienone is 1. The van der Waals surface area contributed by atoms with Gasteiger partial charge in [0.25, 0.3) is 0 Å². The fourth-order valence-corrected chi connectivity index (χ4v) is 3.36. The van der Waals surface area contributed by atoms with Gasteiger partial charge in [-0.25, -0.2) is 13.1 Å². The van der Waals surface area contributed by atoms with Gasteiger partial charge in [-0.05, 0) is 36.5 Å². The van der Waals surface area contributed by atoms with Crippen LogP contribution in [0.2, 0.25) is 0 Å². The standard InChI is InChI=1S/C15H20N2O3S/c1-2-9-16-15(18)11-17-21(19,20)14-8-7-12-5-3-4-6-13(12)10-14/h3-6,10,17H,2,7-9,11H2,1H3,(H,16,18). The van der Waals surface area contributed by atoms with Crippen molar-refractivity contribution < 1.29 is 13.2 Å². The molecule has 1 aliphatic carbocycles. The number of aryl methyl sites for hydroxylation is 1. The minimum Gasteiger partial charge on any atom is -0.355 e. The van der Waals surface area contributed by atoms with Crippen molar-refractivity contribution in [2.45, 2.75) is 26.2 Å². The molecule has 0 radical (unpaired) electrons. The third-order valence-corrected chi connectivity index (χ3v) is 4.89. The molecule has 2 N–H and O–H groups in total. The number of nitrogens with one attached hydrogen (secondary N) is 2. The summed E-state index contributed by atoms with van der Waals surface area (Å²) in [5.41, 5.74) is 2.08. The van der Waals surface area contributed by atoms with Gasteiger partial charge in [0.2, 0.25) is 15.9 Å². The zero-order valence-corrected chi connectivity index (χ0v) is 12.9. The molecule has 0 unspecified atom stereocenters. The van der Waals surface area contributed by atoms with E-state index in [4.69, 9.17) is 0 Å². The highest BCUT2D eigenvalue weighted by atomic mass is 32.2. The number of benzene rings is 1. The molecule has 0 fully saturated rings. The molecule has 1 aromatic rings. The Kier molecular flexibility index (Phi) is 5.14. The van der Waals surface area contributed by atoms with Crippen LogP contribution in [0.3, 0.4) is 0 Å². The lowest BCUT2D eigenvalue weighted by molar-refractivity contribution is -0.119. The normalized spacial score (nSPS) is 14.2. The van der Waals surface area contributed by atoms with E-state index in [0.29, 0.717) is 24.3 Å². The summed E-state index contributed by atoms with van der Waals surface area (Å²) in [4.78, 5) is 11.8. The second-order valence-electron chi connectivity index (χ2n) is 4.98. The molecule has 0 spiro atoms. The van der Waals surface area contributed by atoms with E-state index in [0.717, 1.165) is 17.5 Å². The van der Waals surface area contributed by atoms with Crippen LogP contribution in [0.25, 0.3) is 6.08 Å². The van der Waals surface area contributed by atoms with Crippen LogP contribution in [0, 0.1) is 0 Å². The Morgan fingerprint density at radius 3 is 2.76 bits per heavy atom. The third-order valence-electron chi connectivity index (χ3n) is 3.35. The van der Waals surface area contributed by atoms with E-state index < -0.39 is 10.0 Å². The maximum atomic E-state index is 12.2. The fraction of sp³-hybridized carbons (Fsp3) is 0.400. The highest BCUT2D eigenvalue weighted by Gasteiger charge is 2.22. The molecule has 1 aliphatic rings. The molecule has 1 amide bonds. The summed E-state index contributed by atoms with van der Waals surface area (Å²) >= 11 is 0. The van der Waals surface area contributed by atoms with Crippen LogP contribution < -0.4 is 10.0 Å². The lowest BCUT2D eigenvalue weighted by Gasteiger charge is -2.17. The summed E-state index contributed by atoms with van der Waals surface area (Å²) < 4.78 is 26.8. The van der Waals surface area contributed by atoms with Gasteiger partial charge in [0, 0.05) is 6.54 Å². The first-order valence-electron chi connectivity index (χ1n) is 7.08. The van der Waals surface area contributed by atoms with E-state index in [1.54, 1.807) is 6.08 Å². The molecule has 5 nitrogen and oxygen atoms in total. The first-order valence-corrected chi connectivity index (χ1v) is 8.56. The van der Waals surface area contributed by atoms with E-state index in [-0.39, 0.29) is 12.5 Å². The van der Waals surface area contributed by atoms with Gasteiger partial charge in [-0.1, -0.05) is 31.2 Å². The zero-order chi connectivity index (χ0) is 15.3. The number of sulfonamides is 1. The van der Waals surface area contributed by atoms with Crippen molar-refractivity contribution in [1.82, 2.24) is 10.0 Å². The van der Waals surface area contributed by atoms with Crippen LogP contribution in [0.15, 0.2) is 29.2 Å². The number of carbonyl (C=O) groups excluding carboxylic acids is 1. The van der Waals surface area contributed by atoms with Gasteiger partial charge < -0.3 is 5.32 Å². The molecule has 0 aromatic heterocycles. The fourth-order valence-electron chi connectivity index (χ4n) is 2.20. The average molecular weight is 308 g/mol. The van der Waals surface area contributed by atoms with Crippen molar-refractivity contribution in [2.75, 3.05) is 13.1 Å². The number of amides is 1. The number of hydrogen-bond acceptors (Lipinski definition) is 3. The quantitative estimate of drug-likeness (QED) is 0.834. The van der Waals surface area contributed by atoms with Crippen molar-refractivity contribution in [1.29, 1.82) is 0 Å². The molecule has 0 saturated carbocycles. The second kappa shape index (κ2) is 6.87. The Morgan fingerprint density at radius 2 is 2.00 bits per heavy atom. The third kappa shape index (κ3) is 4.15. The van der Waals surface area contributed by atoms with Gasteiger partial charge in [0.15, 0.2) is 0 Å². The number of hydrogen-bond donors (Lipinski definition) is 2. The molecule has 2 rings (SSSR count). The summed E-state index contributed by atoms with van der Waals surface area (Å²) in [6.07, 6.45) is 3.67. The molecule has 0 aliphatic heterocycles. The number of rotatable bonds is 6. The predicted molar refractivity (Wildman–Crippen MR) is 83.0 cm³/mol. The molecule has 21 heavy (non-hydrogen) atoms. The summed E-state index contributed by atoms with van der Waals surface area (Å²) in [7, 11) is -3.60. The Morgan fingerprint density at radius 1 is 1.24 bits per heavy atom. The minimum absolute atomic E-state index is 0.221. The first kappa shape index (κ1) is 15.7. The van der Waals surface area contributed by atoms with E-state index >= 15 is 0 Å². The van der Waals surface area contributed by atoms with Crippen molar-refractivity contribution in [3.8, 4) is 0 Å². The van der Waals surface area contributed by atoms with Crippen molar-refractivity contribution in [2.24, 2.45) is 0 Å². The molecule has 0 heterocycles. The number of carbonyl (C=O) groups is 1. The van der Waals surface area contributed by atoms with Gasteiger partial charge in [-0.15, -0.1) is 0 Å². The Labute approximate surface area is 125 Å². The predicted octanol–water partition coefficient (Wildman–Crippen LogP) is 1.42. The monoisotopic (exact) mass is 308 g/mol. The lowest BCUT2D eigenvalue weighted by atomic mass is 9.98. The van der Waals surface area contributed by atoms with E-state index in [2.05, 4.69) is 10.0 Å². The largest absolute Gasteiger partial charge is 0.355 e. The molecule has 0 atom stereocenters. The van der Waals surface area contributed by atoms with E-state index in [1.165, 1.54) is 0 Å². The Bertz CT molecular complexity index is 651. The molecule has 0 saturated heterocycles. The SMILES string of the molecule is CCCNC(=O)CNS(=O)(=O)C1=Cc2ccccc2CC1. The van der Waals surface area contributed by atoms with Crippen molar-refractivity contribution in [3.63, 3.8) is 0 Å². The zero-order valence-electron chi connectivity index (χ0n) is 12.1. The Hall–Kier alpha value is -1.66. The maximum Gasteiger partial charge on any atom is 0.237 e. The van der Waals surface area contributed by atoms with Crippen molar-refractivity contribution >= 4 is 22.0 Å². The Balaban J connectivity index is 2.04. The molecular weight excluding hydrogens is 288 g/mol. The van der Waals surface area contributed by atoms with Crippen LogP contribution in [0.5, 0.6) is 0 Å². The summed E-state index contributed by atoms with van der Waals surface area (Å²) in [5, 5.41) is 2.64. The van der Waals surface area contributed by atoms with Crippen LogP contribution in [-0.2, 0) is 21.2 Å². The molecule has 114 valence electrons. The number of fused-ring (bicyclic) bond motifs is 1. The molecule has 1 aromatic carbocycles. The highest BCUT2D eigenvalue weighted by molar-refractivity contribution is 7.93. The van der Waals surface area contributed by atoms with Gasteiger partial charge in [-0.3, -0.25) is 4.79 Å². The highest BCUT2D eigenvalue weighted by Crippen LogP contribution is 2.26. The maximum absolute atomic E-state index is 12.2. The van der Waals surface area contributed by atoms with Crippen molar-refractivity contribution in [3.05, 3.63) is 40.3 Å². The van der Waals surface area contributed by atoms with Gasteiger partial charge in [-0.2, -0.15) is 0 Å². The average Bonchev–Trinajstić information content (AvgIpc) is 2.50. The van der Waals surface area contributed by atoms with E-state index in [1.807, 2.05) is 31.2 Å². The lowest BCUT2D eigenvalue weighted by Crippen LogP contribution is -2.37. The second-order valence-corrected chi connectivity index (χ2v) is 6.80. The topological polar surface area (TPSA) is 75.3 Å². The van der Waals surface area contributed by atoms with Gasteiger partial charge in [0.05, 0.1) is 11.4 Å². The summed E-state index contributed by atoms with van der Waals surface area (Å²) in [6, 6.07) is 7.73. The van der Waals surface area contributed by atoms with E-state index in [9.17, 15) is 13.2 Å². The van der Waals surface area contributed by atoms with Crippen LogP contribution >= 0.6 is 0 Å². The van der Waals surface area contributed by atoms with Gasteiger partial charge in [0.1, 0.15) is 0 Å². The first-order chi connectivity index (χ1) is 10.0. The van der Waals surface area contributed by atoms with Crippen LogP contribution in [-0.4, -0.2) is 27.4 Å². The summed E-state index contributed by atoms with van der Waals surface area (Å²) in [5.74, 6) is -0.308. The van der Waals surface area contributed by atoms with Crippen LogP contribution in [0.1, 0.15) is 30.9 Å².